The summed E-state index contributed by atoms with van der Waals surface area (Å²) in [5, 5.41) is 7.42. The van der Waals surface area contributed by atoms with Gasteiger partial charge in [0, 0.05) is 79.2 Å². The van der Waals surface area contributed by atoms with Crippen LogP contribution in [-0.4, -0.2) is 0 Å². The number of benzene rings is 8. The van der Waals surface area contributed by atoms with E-state index in [0.717, 1.165) is 39.2 Å². The number of para-hydroxylation sites is 1. The molecule has 3 aromatic heterocycles. The van der Waals surface area contributed by atoms with E-state index in [1.54, 1.807) is 0 Å². The summed E-state index contributed by atoms with van der Waals surface area (Å²) in [6, 6.07) is 58.9. The van der Waals surface area contributed by atoms with Crippen molar-refractivity contribution >= 4 is 102 Å². The molecule has 284 valence electrons. The summed E-state index contributed by atoms with van der Waals surface area (Å²) < 4.78 is 12.1. The molecule has 0 fully saturated rings. The second-order valence-corrected chi connectivity index (χ2v) is 19.9. The van der Waals surface area contributed by atoms with Gasteiger partial charge < -0.3 is 9.32 Å². The molecule has 8 aromatic carbocycles. The summed E-state index contributed by atoms with van der Waals surface area (Å²) >= 11 is 3.70. The van der Waals surface area contributed by atoms with Crippen molar-refractivity contribution in [1.82, 2.24) is 0 Å². The number of rotatable bonds is 4. The van der Waals surface area contributed by atoms with Crippen molar-refractivity contribution in [3.8, 4) is 22.3 Å². The minimum Gasteiger partial charge on any atom is -0.455 e. The van der Waals surface area contributed by atoms with Crippen molar-refractivity contribution < 1.29 is 4.42 Å². The zero-order valence-electron chi connectivity index (χ0n) is 33.7. The number of anilines is 3. The lowest BCUT2D eigenvalue weighted by Crippen LogP contribution is -2.17. The van der Waals surface area contributed by atoms with Crippen LogP contribution in [-0.2, 0) is 10.8 Å². The van der Waals surface area contributed by atoms with E-state index in [2.05, 4.69) is 197 Å². The summed E-state index contributed by atoms with van der Waals surface area (Å²) in [5.74, 6) is 0. The third-order valence-electron chi connectivity index (χ3n) is 12.8. The van der Waals surface area contributed by atoms with Gasteiger partial charge in [0.25, 0.3) is 0 Å². The van der Waals surface area contributed by atoms with Crippen molar-refractivity contribution in [2.24, 2.45) is 0 Å². The molecule has 1 aliphatic carbocycles. The zero-order valence-corrected chi connectivity index (χ0v) is 35.3. The highest BCUT2D eigenvalue weighted by atomic mass is 32.1. The molecule has 0 radical (unpaired) electrons. The van der Waals surface area contributed by atoms with Crippen molar-refractivity contribution in [3.05, 3.63) is 174 Å². The van der Waals surface area contributed by atoms with Gasteiger partial charge in [-0.2, -0.15) is 0 Å². The molecule has 0 saturated heterocycles. The fourth-order valence-electron chi connectivity index (χ4n) is 9.73. The molecule has 0 spiro atoms. The third kappa shape index (κ3) is 5.16. The lowest BCUT2D eigenvalue weighted by molar-refractivity contribution is 0.590. The quantitative estimate of drug-likeness (QED) is 0.176. The van der Waals surface area contributed by atoms with Crippen molar-refractivity contribution in [2.75, 3.05) is 4.90 Å². The van der Waals surface area contributed by atoms with Crippen LogP contribution < -0.4 is 4.90 Å². The Balaban J connectivity index is 0.984. The summed E-state index contributed by atoms with van der Waals surface area (Å²) in [6.07, 6.45) is 0. The minimum absolute atomic E-state index is 0.0709. The molecule has 12 rings (SSSR count). The van der Waals surface area contributed by atoms with Gasteiger partial charge in [-0.15, -0.1) is 22.7 Å². The van der Waals surface area contributed by atoms with Crippen LogP contribution in [0, 0.1) is 0 Å². The maximum atomic E-state index is 6.95. The predicted molar refractivity (Wildman–Crippen MR) is 256 cm³/mol. The van der Waals surface area contributed by atoms with Crippen LogP contribution in [0.25, 0.3) is 84.5 Å². The number of hydrogen-bond donors (Lipinski definition) is 0. The smallest absolute Gasteiger partial charge is 0.144 e. The van der Waals surface area contributed by atoms with Crippen LogP contribution >= 0.6 is 22.7 Å². The third-order valence-corrected chi connectivity index (χ3v) is 15.1. The van der Waals surface area contributed by atoms with Gasteiger partial charge >= 0.3 is 0 Å². The molecule has 3 heterocycles. The monoisotopic (exact) mass is 795 g/mol. The van der Waals surface area contributed by atoms with Gasteiger partial charge in [0.2, 0.25) is 0 Å². The Morgan fingerprint density at radius 1 is 0.458 bits per heavy atom. The molecule has 0 unspecified atom stereocenters. The number of hydrogen-bond acceptors (Lipinski definition) is 4. The van der Waals surface area contributed by atoms with E-state index in [4.69, 9.17) is 4.42 Å². The van der Waals surface area contributed by atoms with Crippen LogP contribution in [0.5, 0.6) is 0 Å². The Labute approximate surface area is 351 Å². The SMILES string of the molecule is CC(C)(C)c1ccc(N(c2ccc3c(c2)C(C)(C)c2cc(-c4cccc5c4oc4c5ccc5sc6ccccc6c54)ccc2-3)c2ccc3sc4ccccc4c3c2)cc1. The number of thiophene rings is 2. The Morgan fingerprint density at radius 2 is 1.05 bits per heavy atom. The molecule has 0 bridgehead atoms. The van der Waals surface area contributed by atoms with E-state index in [9.17, 15) is 0 Å². The Hall–Kier alpha value is -6.20. The standard InChI is InChI=1S/C55H41NOS2/c1-54(2,3)33-18-20-34(21-19-33)56(35-23-27-49-44(30-35)40-11-6-8-15-47(40)58-49)36-22-25-39-38-24-17-32(29-45(38)55(4,5)46(39)31-36)37-13-10-14-41-42-26-28-50-51(53(42)57-52(37)41)43-12-7-9-16-48(43)59-50/h6-31H,1-5H3. The second-order valence-electron chi connectivity index (χ2n) is 17.7. The fourth-order valence-corrected chi connectivity index (χ4v) is 11.9. The Kier molecular flexibility index (Phi) is 7.32. The average Bonchev–Trinajstić information content (AvgIpc) is 3.98. The van der Waals surface area contributed by atoms with Crippen molar-refractivity contribution in [3.63, 3.8) is 0 Å². The summed E-state index contributed by atoms with van der Waals surface area (Å²) in [6.45, 7) is 11.6. The van der Waals surface area contributed by atoms with Crippen LogP contribution in [0.3, 0.4) is 0 Å². The van der Waals surface area contributed by atoms with E-state index < -0.39 is 0 Å². The highest BCUT2D eigenvalue weighted by Gasteiger charge is 2.36. The van der Waals surface area contributed by atoms with Gasteiger partial charge in [-0.1, -0.05) is 120 Å². The van der Waals surface area contributed by atoms with E-state index in [1.807, 2.05) is 22.7 Å². The van der Waals surface area contributed by atoms with Gasteiger partial charge in [0.15, 0.2) is 0 Å². The maximum absolute atomic E-state index is 6.95. The van der Waals surface area contributed by atoms with E-state index in [1.165, 1.54) is 79.1 Å². The molecule has 1 aliphatic rings. The first-order valence-electron chi connectivity index (χ1n) is 20.5. The second kappa shape index (κ2) is 12.4. The molecule has 2 nitrogen and oxygen atoms in total. The summed E-state index contributed by atoms with van der Waals surface area (Å²) in [5.41, 5.74) is 14.2. The number of nitrogens with zero attached hydrogens (tertiary/aromatic N) is 1. The van der Waals surface area contributed by atoms with Gasteiger partial charge in [-0.25, -0.2) is 0 Å². The molecule has 0 amide bonds. The van der Waals surface area contributed by atoms with Crippen LogP contribution in [0.2, 0.25) is 0 Å². The zero-order chi connectivity index (χ0) is 39.8. The first kappa shape index (κ1) is 34.8. The molecule has 0 atom stereocenters. The Morgan fingerprint density at radius 3 is 1.85 bits per heavy atom. The lowest BCUT2D eigenvalue weighted by atomic mass is 9.81. The molecular formula is C55H41NOS2. The van der Waals surface area contributed by atoms with E-state index in [0.29, 0.717) is 0 Å². The normalized spacial score (nSPS) is 13.6. The first-order valence-corrected chi connectivity index (χ1v) is 22.1. The van der Waals surface area contributed by atoms with Crippen LogP contribution in [0.4, 0.5) is 17.1 Å². The maximum Gasteiger partial charge on any atom is 0.144 e. The van der Waals surface area contributed by atoms with Crippen molar-refractivity contribution in [1.29, 1.82) is 0 Å². The molecule has 59 heavy (non-hydrogen) atoms. The summed E-state index contributed by atoms with van der Waals surface area (Å²) in [4.78, 5) is 2.44. The predicted octanol–water partition coefficient (Wildman–Crippen LogP) is 17.1. The fraction of sp³-hybridized carbons (Fsp3) is 0.127. The molecule has 0 aliphatic heterocycles. The first-order chi connectivity index (χ1) is 28.6. The molecule has 0 N–H and O–H groups in total. The highest BCUT2D eigenvalue weighted by molar-refractivity contribution is 7.26. The molecular weight excluding hydrogens is 755 g/mol. The lowest BCUT2D eigenvalue weighted by Gasteiger charge is -2.29. The minimum atomic E-state index is -0.227. The van der Waals surface area contributed by atoms with Gasteiger partial charge in [0.05, 0.1) is 0 Å². The van der Waals surface area contributed by atoms with Gasteiger partial charge in [-0.3, -0.25) is 0 Å². The number of fused-ring (bicyclic) bond motifs is 13. The molecule has 0 saturated carbocycles. The average molecular weight is 796 g/mol. The van der Waals surface area contributed by atoms with Crippen molar-refractivity contribution in [2.45, 2.75) is 45.4 Å². The Bertz CT molecular complexity index is 3520. The number of furan rings is 1. The van der Waals surface area contributed by atoms with E-state index in [-0.39, 0.29) is 10.8 Å². The summed E-state index contributed by atoms with van der Waals surface area (Å²) in [7, 11) is 0. The largest absolute Gasteiger partial charge is 0.455 e. The van der Waals surface area contributed by atoms with E-state index >= 15 is 0 Å². The van der Waals surface area contributed by atoms with Crippen LogP contribution in [0.1, 0.15) is 51.3 Å². The van der Waals surface area contributed by atoms with Crippen LogP contribution in [0.15, 0.2) is 162 Å². The van der Waals surface area contributed by atoms with Gasteiger partial charge in [0.1, 0.15) is 11.2 Å². The van der Waals surface area contributed by atoms with Gasteiger partial charge in [-0.05, 0) is 112 Å². The topological polar surface area (TPSA) is 16.4 Å². The molecule has 11 aromatic rings. The molecule has 4 heteroatoms. The highest BCUT2D eigenvalue weighted by Crippen LogP contribution is 2.53.